The highest BCUT2D eigenvalue weighted by Gasteiger charge is 2.06. The highest BCUT2D eigenvalue weighted by atomic mass is 16.4. The number of benzene rings is 2. The molecule has 0 unspecified atom stereocenters. The maximum absolute atomic E-state index is 12.1. The first-order chi connectivity index (χ1) is 9.60. The van der Waals surface area contributed by atoms with Crippen LogP contribution in [0.1, 0.15) is 28.4 Å². The van der Waals surface area contributed by atoms with Gasteiger partial charge in [0.25, 0.3) is 5.91 Å². The van der Waals surface area contributed by atoms with Gasteiger partial charge >= 0.3 is 0 Å². The van der Waals surface area contributed by atoms with Gasteiger partial charge in [-0.1, -0.05) is 35.0 Å². The zero-order chi connectivity index (χ0) is 14.5. The Morgan fingerprint density at radius 1 is 1.10 bits per heavy atom. The van der Waals surface area contributed by atoms with Crippen LogP contribution in [-0.4, -0.2) is 16.8 Å². The summed E-state index contributed by atoms with van der Waals surface area (Å²) in [5, 5.41) is 14.7. The average molecular weight is 268 g/mol. The maximum Gasteiger partial charge on any atom is 0.255 e. The van der Waals surface area contributed by atoms with Gasteiger partial charge in [0.1, 0.15) is 0 Å². The first-order valence-electron chi connectivity index (χ1n) is 6.27. The van der Waals surface area contributed by atoms with E-state index in [1.54, 1.807) is 37.3 Å². The molecule has 4 heteroatoms. The molecule has 0 radical (unpaired) electrons. The fraction of sp³-hybridized carbons (Fsp3) is 0.125. The zero-order valence-corrected chi connectivity index (χ0v) is 11.4. The summed E-state index contributed by atoms with van der Waals surface area (Å²) >= 11 is 0. The lowest BCUT2D eigenvalue weighted by Gasteiger charge is -2.07. The highest BCUT2D eigenvalue weighted by Crippen LogP contribution is 2.13. The van der Waals surface area contributed by atoms with E-state index in [1.807, 2.05) is 25.1 Å². The van der Waals surface area contributed by atoms with Crippen molar-refractivity contribution in [3.63, 3.8) is 0 Å². The van der Waals surface area contributed by atoms with Crippen molar-refractivity contribution in [2.75, 3.05) is 5.32 Å². The lowest BCUT2D eigenvalue weighted by Crippen LogP contribution is -2.12. The number of hydrogen-bond acceptors (Lipinski definition) is 3. The summed E-state index contributed by atoms with van der Waals surface area (Å²) in [4.78, 5) is 12.1. The zero-order valence-electron chi connectivity index (χ0n) is 11.4. The summed E-state index contributed by atoms with van der Waals surface area (Å²) < 4.78 is 0. The van der Waals surface area contributed by atoms with E-state index in [1.165, 1.54) is 0 Å². The smallest absolute Gasteiger partial charge is 0.255 e. The number of nitrogens with zero attached hydrogens (tertiary/aromatic N) is 1. The van der Waals surface area contributed by atoms with Gasteiger partial charge in [0.05, 0.1) is 5.71 Å². The molecule has 1 amide bonds. The van der Waals surface area contributed by atoms with Crippen LogP contribution < -0.4 is 5.32 Å². The van der Waals surface area contributed by atoms with Crippen LogP contribution in [0.25, 0.3) is 0 Å². The molecule has 20 heavy (non-hydrogen) atoms. The molecule has 0 atom stereocenters. The van der Waals surface area contributed by atoms with Gasteiger partial charge in [-0.3, -0.25) is 4.79 Å². The van der Waals surface area contributed by atoms with Gasteiger partial charge < -0.3 is 10.5 Å². The quantitative estimate of drug-likeness (QED) is 0.509. The van der Waals surface area contributed by atoms with Crippen LogP contribution in [0.2, 0.25) is 0 Å². The molecular weight excluding hydrogens is 252 g/mol. The molecule has 2 aromatic carbocycles. The Labute approximate surface area is 117 Å². The summed E-state index contributed by atoms with van der Waals surface area (Å²) in [5.74, 6) is -0.144. The third-order valence-corrected chi connectivity index (χ3v) is 2.99. The molecule has 0 bridgehead atoms. The van der Waals surface area contributed by atoms with Crippen molar-refractivity contribution < 1.29 is 10.0 Å². The molecule has 102 valence electrons. The monoisotopic (exact) mass is 268 g/mol. The molecule has 0 heterocycles. The summed E-state index contributed by atoms with van der Waals surface area (Å²) in [5.41, 5.74) is 3.71. The number of rotatable bonds is 3. The number of oxime groups is 1. The van der Waals surface area contributed by atoms with E-state index in [0.29, 0.717) is 17.0 Å². The number of nitrogens with one attached hydrogen (secondary N) is 1. The Kier molecular flexibility index (Phi) is 4.15. The van der Waals surface area contributed by atoms with Crippen LogP contribution in [0, 0.1) is 6.92 Å². The summed E-state index contributed by atoms with van der Waals surface area (Å²) in [6.07, 6.45) is 0. The molecule has 0 spiro atoms. The van der Waals surface area contributed by atoms with Gasteiger partial charge in [0, 0.05) is 11.3 Å². The van der Waals surface area contributed by atoms with Crippen LogP contribution in [0.3, 0.4) is 0 Å². The second kappa shape index (κ2) is 6.02. The minimum absolute atomic E-state index is 0.144. The summed E-state index contributed by atoms with van der Waals surface area (Å²) in [6, 6.07) is 14.6. The van der Waals surface area contributed by atoms with Crippen molar-refractivity contribution in [3.05, 3.63) is 65.2 Å². The van der Waals surface area contributed by atoms with E-state index in [2.05, 4.69) is 10.5 Å². The van der Waals surface area contributed by atoms with Crippen LogP contribution in [0.15, 0.2) is 53.7 Å². The Balaban J connectivity index is 2.12. The third kappa shape index (κ3) is 3.23. The summed E-state index contributed by atoms with van der Waals surface area (Å²) in [6.45, 7) is 3.66. The summed E-state index contributed by atoms with van der Waals surface area (Å²) in [7, 11) is 0. The number of aryl methyl sites for hydroxylation is 1. The third-order valence-electron chi connectivity index (χ3n) is 2.99. The van der Waals surface area contributed by atoms with Gasteiger partial charge in [-0.25, -0.2) is 0 Å². The fourth-order valence-corrected chi connectivity index (χ4v) is 1.84. The molecule has 2 N–H and O–H groups in total. The lowest BCUT2D eigenvalue weighted by atomic mass is 10.1. The van der Waals surface area contributed by atoms with Gasteiger partial charge in [-0.2, -0.15) is 0 Å². The Morgan fingerprint density at radius 3 is 2.40 bits per heavy atom. The maximum atomic E-state index is 12.1. The molecule has 0 aromatic heterocycles. The van der Waals surface area contributed by atoms with E-state index in [0.717, 1.165) is 11.1 Å². The molecule has 0 aliphatic heterocycles. The minimum atomic E-state index is -0.144. The fourth-order valence-electron chi connectivity index (χ4n) is 1.84. The number of anilines is 1. The van der Waals surface area contributed by atoms with Crippen LogP contribution >= 0.6 is 0 Å². The predicted molar refractivity (Wildman–Crippen MR) is 79.6 cm³/mol. The van der Waals surface area contributed by atoms with Crippen LogP contribution in [0.4, 0.5) is 5.69 Å². The van der Waals surface area contributed by atoms with Crippen molar-refractivity contribution in [2.45, 2.75) is 13.8 Å². The predicted octanol–water partition coefficient (Wildman–Crippen LogP) is 3.45. The molecule has 0 saturated heterocycles. The first-order valence-corrected chi connectivity index (χ1v) is 6.27. The van der Waals surface area contributed by atoms with Gasteiger partial charge in [-0.05, 0) is 43.7 Å². The Bertz CT molecular complexity index is 646. The van der Waals surface area contributed by atoms with Crippen LogP contribution in [-0.2, 0) is 0 Å². The molecule has 2 rings (SSSR count). The van der Waals surface area contributed by atoms with Gasteiger partial charge in [0.15, 0.2) is 0 Å². The second-order valence-electron chi connectivity index (χ2n) is 4.59. The van der Waals surface area contributed by atoms with E-state index in [9.17, 15) is 4.79 Å². The van der Waals surface area contributed by atoms with Crippen molar-refractivity contribution in [1.29, 1.82) is 0 Å². The van der Waals surface area contributed by atoms with Gasteiger partial charge in [-0.15, -0.1) is 0 Å². The average Bonchev–Trinajstić information content (AvgIpc) is 2.47. The largest absolute Gasteiger partial charge is 0.411 e. The molecule has 2 aromatic rings. The number of carbonyl (C=O) groups is 1. The van der Waals surface area contributed by atoms with E-state index < -0.39 is 0 Å². The highest BCUT2D eigenvalue weighted by molar-refractivity contribution is 6.05. The number of hydrogen-bond donors (Lipinski definition) is 2. The molecule has 0 aliphatic rings. The van der Waals surface area contributed by atoms with Crippen molar-refractivity contribution in [2.24, 2.45) is 5.16 Å². The van der Waals surface area contributed by atoms with Crippen molar-refractivity contribution in [3.8, 4) is 0 Å². The Hall–Kier alpha value is -2.62. The van der Waals surface area contributed by atoms with Crippen LogP contribution in [0.5, 0.6) is 0 Å². The molecular formula is C16H16N2O2. The number of carbonyl (C=O) groups excluding carboxylic acids is 1. The molecule has 4 nitrogen and oxygen atoms in total. The number of amides is 1. The second-order valence-corrected chi connectivity index (χ2v) is 4.59. The molecule has 0 saturated carbocycles. The topological polar surface area (TPSA) is 61.7 Å². The van der Waals surface area contributed by atoms with E-state index in [-0.39, 0.29) is 5.91 Å². The van der Waals surface area contributed by atoms with Crippen molar-refractivity contribution in [1.82, 2.24) is 0 Å². The molecule has 0 fully saturated rings. The lowest BCUT2D eigenvalue weighted by molar-refractivity contribution is 0.102. The van der Waals surface area contributed by atoms with E-state index >= 15 is 0 Å². The van der Waals surface area contributed by atoms with E-state index in [4.69, 9.17) is 5.21 Å². The minimum Gasteiger partial charge on any atom is -0.411 e. The SMILES string of the molecule is C/C(=N\O)c1ccc(NC(=O)c2cccc(C)c2)cc1. The van der Waals surface area contributed by atoms with Gasteiger partial charge in [0.2, 0.25) is 0 Å². The molecule has 0 aliphatic carbocycles. The van der Waals surface area contributed by atoms with Crippen molar-refractivity contribution >= 4 is 17.3 Å². The first kappa shape index (κ1) is 13.8. The Morgan fingerprint density at radius 2 is 1.80 bits per heavy atom. The standard InChI is InChI=1S/C16H16N2O2/c1-11-4-3-5-14(10-11)16(19)17-15-8-6-13(7-9-15)12(2)18-20/h3-10,20H,1-2H3,(H,17,19)/b18-12+. The normalized spacial score (nSPS) is 11.2.